The van der Waals surface area contributed by atoms with Gasteiger partial charge in [0.2, 0.25) is 0 Å². The van der Waals surface area contributed by atoms with E-state index in [4.69, 9.17) is 5.11 Å². The van der Waals surface area contributed by atoms with Gasteiger partial charge < -0.3 is 5.11 Å². The molecule has 1 N–H and O–H groups in total. The second-order valence-corrected chi connectivity index (χ2v) is 3.61. The molecule has 0 saturated heterocycles. The van der Waals surface area contributed by atoms with Gasteiger partial charge in [-0.15, -0.1) is 0 Å². The van der Waals surface area contributed by atoms with Crippen LogP contribution in [0, 0.1) is 5.82 Å². The molecule has 0 saturated carbocycles. The van der Waals surface area contributed by atoms with E-state index in [0.29, 0.717) is 0 Å². The first-order valence-electron chi connectivity index (χ1n) is 5.13. The minimum absolute atomic E-state index is 0.105. The molecule has 92 valence electrons. The Morgan fingerprint density at radius 1 is 1.28 bits per heavy atom. The second kappa shape index (κ2) is 4.79. The zero-order chi connectivity index (χ0) is 13.1. The molecule has 0 aliphatic carbocycles. The Kier molecular flexibility index (Phi) is 3.18. The van der Waals surface area contributed by atoms with E-state index in [1.165, 1.54) is 18.2 Å². The maximum atomic E-state index is 13.4. The predicted octanol–water partition coefficient (Wildman–Crippen LogP) is 1.13. The fourth-order valence-electron chi connectivity index (χ4n) is 1.46. The summed E-state index contributed by atoms with van der Waals surface area (Å²) < 4.78 is 14.3. The van der Waals surface area contributed by atoms with Crippen LogP contribution < -0.4 is 5.56 Å². The van der Waals surface area contributed by atoms with Crippen molar-refractivity contribution in [2.75, 3.05) is 0 Å². The topological polar surface area (TPSA) is 72.2 Å². The van der Waals surface area contributed by atoms with E-state index < -0.39 is 17.3 Å². The van der Waals surface area contributed by atoms with Gasteiger partial charge in [-0.1, -0.05) is 18.2 Å². The van der Waals surface area contributed by atoms with Crippen molar-refractivity contribution in [3.63, 3.8) is 0 Å². The van der Waals surface area contributed by atoms with E-state index >= 15 is 0 Å². The SMILES string of the molecule is O=C(O)c1ccc(=O)n(Cc2ccccc2F)n1. The van der Waals surface area contributed by atoms with Gasteiger partial charge in [0.05, 0.1) is 6.54 Å². The summed E-state index contributed by atoms with van der Waals surface area (Å²) in [4.78, 5) is 22.2. The number of halogens is 1. The van der Waals surface area contributed by atoms with Crippen LogP contribution in [0.1, 0.15) is 16.1 Å². The van der Waals surface area contributed by atoms with Gasteiger partial charge in [0.1, 0.15) is 5.82 Å². The minimum Gasteiger partial charge on any atom is -0.476 e. The molecule has 18 heavy (non-hydrogen) atoms. The molecule has 0 bridgehead atoms. The molecule has 1 aromatic carbocycles. The van der Waals surface area contributed by atoms with Crippen molar-refractivity contribution in [3.8, 4) is 0 Å². The van der Waals surface area contributed by atoms with Crippen LogP contribution in [0.25, 0.3) is 0 Å². The van der Waals surface area contributed by atoms with E-state index in [2.05, 4.69) is 5.10 Å². The Labute approximate surface area is 101 Å². The highest BCUT2D eigenvalue weighted by atomic mass is 19.1. The highest BCUT2D eigenvalue weighted by Crippen LogP contribution is 2.06. The van der Waals surface area contributed by atoms with Crippen molar-refractivity contribution in [3.05, 3.63) is 63.8 Å². The largest absolute Gasteiger partial charge is 0.476 e. The zero-order valence-corrected chi connectivity index (χ0v) is 9.21. The molecular formula is C12H9FN2O3. The van der Waals surface area contributed by atoms with Crippen LogP contribution in [0.4, 0.5) is 4.39 Å². The van der Waals surface area contributed by atoms with Gasteiger partial charge in [-0.2, -0.15) is 5.10 Å². The second-order valence-electron chi connectivity index (χ2n) is 3.61. The Bertz CT molecular complexity index is 652. The van der Waals surface area contributed by atoms with E-state index in [1.54, 1.807) is 6.07 Å². The third-order valence-corrected chi connectivity index (χ3v) is 2.36. The molecule has 0 aliphatic rings. The summed E-state index contributed by atoms with van der Waals surface area (Å²) in [5, 5.41) is 12.4. The first kappa shape index (κ1) is 12.0. The minimum atomic E-state index is -1.24. The molecule has 0 spiro atoms. The number of hydrogen-bond donors (Lipinski definition) is 1. The number of aromatic nitrogens is 2. The molecule has 2 aromatic rings. The monoisotopic (exact) mass is 248 g/mol. The summed E-state index contributed by atoms with van der Waals surface area (Å²) in [5.41, 5.74) is -0.469. The maximum Gasteiger partial charge on any atom is 0.356 e. The van der Waals surface area contributed by atoms with Crippen molar-refractivity contribution < 1.29 is 14.3 Å². The van der Waals surface area contributed by atoms with Gasteiger partial charge in [0, 0.05) is 11.6 Å². The van der Waals surface area contributed by atoms with Gasteiger partial charge >= 0.3 is 5.97 Å². The van der Waals surface area contributed by atoms with E-state index in [9.17, 15) is 14.0 Å². The fraction of sp³-hybridized carbons (Fsp3) is 0.0833. The van der Waals surface area contributed by atoms with E-state index in [-0.39, 0.29) is 17.8 Å². The average Bonchev–Trinajstić information content (AvgIpc) is 2.34. The van der Waals surface area contributed by atoms with Gasteiger partial charge in [0.25, 0.3) is 5.56 Å². The highest BCUT2D eigenvalue weighted by Gasteiger charge is 2.09. The first-order chi connectivity index (χ1) is 8.58. The highest BCUT2D eigenvalue weighted by molar-refractivity contribution is 5.84. The molecule has 0 amide bonds. The number of aromatic carboxylic acids is 1. The quantitative estimate of drug-likeness (QED) is 0.883. The van der Waals surface area contributed by atoms with Crippen LogP contribution in [-0.2, 0) is 6.54 Å². The number of carboxylic acids is 1. The number of carboxylic acid groups (broad SMARTS) is 1. The lowest BCUT2D eigenvalue weighted by Gasteiger charge is -2.06. The Balaban J connectivity index is 2.40. The number of benzene rings is 1. The van der Waals surface area contributed by atoms with Gasteiger partial charge in [-0.05, 0) is 12.1 Å². The lowest BCUT2D eigenvalue weighted by atomic mass is 10.2. The molecule has 0 fully saturated rings. The van der Waals surface area contributed by atoms with E-state index in [1.807, 2.05) is 0 Å². The molecular weight excluding hydrogens is 239 g/mol. The molecule has 5 nitrogen and oxygen atoms in total. The third kappa shape index (κ3) is 2.42. The van der Waals surface area contributed by atoms with E-state index in [0.717, 1.165) is 16.8 Å². The van der Waals surface area contributed by atoms with Crippen LogP contribution >= 0.6 is 0 Å². The normalized spacial score (nSPS) is 10.3. The molecule has 0 aliphatic heterocycles. The standard InChI is InChI=1S/C12H9FN2O3/c13-9-4-2-1-3-8(9)7-15-11(16)6-5-10(14-15)12(17)18/h1-6H,7H2,(H,17,18). The van der Waals surface area contributed by atoms with Gasteiger partial charge in [0.15, 0.2) is 5.69 Å². The Hall–Kier alpha value is -2.50. The predicted molar refractivity (Wildman–Crippen MR) is 61.0 cm³/mol. The molecule has 0 radical (unpaired) electrons. The number of carbonyl (C=O) groups is 1. The summed E-state index contributed by atoms with van der Waals surface area (Å²) in [6, 6.07) is 8.14. The molecule has 6 heteroatoms. The van der Waals surface area contributed by atoms with Crippen molar-refractivity contribution >= 4 is 5.97 Å². The van der Waals surface area contributed by atoms with Crippen LogP contribution in [0.2, 0.25) is 0 Å². The summed E-state index contributed by atoms with van der Waals surface area (Å²) in [6.07, 6.45) is 0. The summed E-state index contributed by atoms with van der Waals surface area (Å²) in [7, 11) is 0. The average molecular weight is 248 g/mol. The number of hydrogen-bond acceptors (Lipinski definition) is 3. The first-order valence-corrected chi connectivity index (χ1v) is 5.13. The lowest BCUT2D eigenvalue weighted by Crippen LogP contribution is -2.25. The summed E-state index contributed by atoms with van der Waals surface area (Å²) in [5.74, 6) is -1.70. The zero-order valence-electron chi connectivity index (χ0n) is 9.21. The maximum absolute atomic E-state index is 13.4. The summed E-state index contributed by atoms with van der Waals surface area (Å²) >= 11 is 0. The Morgan fingerprint density at radius 3 is 2.67 bits per heavy atom. The third-order valence-electron chi connectivity index (χ3n) is 2.36. The Morgan fingerprint density at radius 2 is 2.00 bits per heavy atom. The van der Waals surface area contributed by atoms with Gasteiger partial charge in [-0.25, -0.2) is 13.9 Å². The molecule has 2 rings (SSSR count). The van der Waals surface area contributed by atoms with Crippen LogP contribution in [0.3, 0.4) is 0 Å². The number of rotatable bonds is 3. The van der Waals surface area contributed by atoms with Crippen molar-refractivity contribution in [1.82, 2.24) is 9.78 Å². The fourth-order valence-corrected chi connectivity index (χ4v) is 1.46. The number of nitrogens with zero attached hydrogens (tertiary/aromatic N) is 2. The van der Waals surface area contributed by atoms with Crippen LogP contribution in [0.15, 0.2) is 41.2 Å². The van der Waals surface area contributed by atoms with Gasteiger partial charge in [-0.3, -0.25) is 4.79 Å². The lowest BCUT2D eigenvalue weighted by molar-refractivity contribution is 0.0687. The molecule has 0 unspecified atom stereocenters. The smallest absolute Gasteiger partial charge is 0.356 e. The molecule has 0 atom stereocenters. The van der Waals surface area contributed by atoms with Crippen LogP contribution in [-0.4, -0.2) is 20.9 Å². The molecule has 1 aromatic heterocycles. The van der Waals surface area contributed by atoms with Crippen molar-refractivity contribution in [1.29, 1.82) is 0 Å². The molecule has 1 heterocycles. The van der Waals surface area contributed by atoms with Crippen molar-refractivity contribution in [2.45, 2.75) is 6.54 Å². The van der Waals surface area contributed by atoms with Crippen molar-refractivity contribution in [2.24, 2.45) is 0 Å². The summed E-state index contributed by atoms with van der Waals surface area (Å²) in [6.45, 7) is -0.105. The van der Waals surface area contributed by atoms with Crippen LogP contribution in [0.5, 0.6) is 0 Å².